The number of nitrogens with two attached hydrogens (primary N) is 6. The van der Waals surface area contributed by atoms with Gasteiger partial charge in [0.25, 0.3) is 0 Å². The number of amides is 2. The van der Waals surface area contributed by atoms with Gasteiger partial charge >= 0.3 is 6.03 Å². The van der Waals surface area contributed by atoms with Crippen molar-refractivity contribution in [3.05, 3.63) is 201 Å². The highest BCUT2D eigenvalue weighted by Gasteiger charge is 2.13. The van der Waals surface area contributed by atoms with E-state index in [0.717, 1.165) is 112 Å². The minimum atomic E-state index is -0.332. The summed E-state index contributed by atoms with van der Waals surface area (Å²) in [6, 6.07) is 45.9. The molecule has 0 atom stereocenters. The summed E-state index contributed by atoms with van der Waals surface area (Å²) in [5, 5.41) is 45.3. The average molecular weight is 1210 g/mol. The fourth-order valence-corrected chi connectivity index (χ4v) is 8.59. The number of rotatable bonds is 15. The summed E-state index contributed by atoms with van der Waals surface area (Å²) in [5.41, 5.74) is 46.6. The van der Waals surface area contributed by atoms with E-state index in [0.29, 0.717) is 38.7 Å². The molecule has 8 rings (SSSR count). The molecule has 0 spiro atoms. The van der Waals surface area contributed by atoms with E-state index in [1.165, 1.54) is 0 Å². The van der Waals surface area contributed by atoms with Gasteiger partial charge in [0, 0.05) is 78.3 Å². The van der Waals surface area contributed by atoms with Crippen LogP contribution in [-0.2, 0) is 0 Å². The standard InChI is InChI=1S/C20H23N7O.C20H23N7S.C19H24N8S.3CH3/c2*1-13(26-27-19(21)22)14-5-2-7-16(11-14)24-20(28)25-17-8-3-6-15(12-17)18-9-4-10-23-18;1-12(26-27-18(20)21)14-5-4-6-16(11-14)25-19(28)24-15-9-7-13(8-10-15)17(22-2)23-3;;;/h2*2-3,5-8,11-12H,4,9-10H2,1H3,(H4,21,22,27)(H2,24,25,28);4-11H,1-3H3,(H,22,23)(H4,20,21,27)(H2,24,25,28);3*1H3/q;;;3*-1/b2*26-13+;26-12+;;;. The Balaban J connectivity index is 0.000000336. The fourth-order valence-electron chi connectivity index (χ4n) is 8.12. The van der Waals surface area contributed by atoms with Gasteiger partial charge in [-0.15, -0.1) is 15.3 Å². The van der Waals surface area contributed by atoms with E-state index in [9.17, 15) is 4.79 Å². The maximum Gasteiger partial charge on any atom is 0.323 e. The Labute approximate surface area is 521 Å². The summed E-state index contributed by atoms with van der Waals surface area (Å²) in [5.74, 6) is 0.544. The van der Waals surface area contributed by atoms with E-state index in [-0.39, 0.29) is 46.2 Å². The molecule has 2 aliphatic rings. The van der Waals surface area contributed by atoms with Crippen LogP contribution in [0.15, 0.2) is 191 Å². The third kappa shape index (κ3) is 24.0. The molecule has 6 aromatic rings. The summed E-state index contributed by atoms with van der Waals surface area (Å²) < 4.78 is 0. The van der Waals surface area contributed by atoms with Crippen molar-refractivity contribution in [1.29, 1.82) is 0 Å². The fraction of sp³-hybridized carbons (Fsp3) is 0.177. The number of carbonyl (C=O) groups is 1. The molecule has 25 heteroatoms. The second-order valence-corrected chi connectivity index (χ2v) is 19.4. The molecule has 0 fully saturated rings. The maximum absolute atomic E-state index is 12.4. The number of nitrogens with zero attached hydrogens (tertiary/aromatic N) is 9. The minimum absolute atomic E-state index is 0. The molecule has 0 radical (unpaired) electrons. The van der Waals surface area contributed by atoms with Gasteiger partial charge in [-0.05, 0) is 184 Å². The number of hydrogen-bond acceptors (Lipinski definition) is 12. The number of aliphatic imine (C=N–C) groups is 3. The molecule has 2 amide bonds. The summed E-state index contributed by atoms with van der Waals surface area (Å²) >= 11 is 10.9. The molecule has 6 aromatic carbocycles. The lowest BCUT2D eigenvalue weighted by Gasteiger charge is -2.12. The van der Waals surface area contributed by atoms with Crippen molar-refractivity contribution in [2.75, 3.05) is 59.1 Å². The monoisotopic (exact) mass is 1210 g/mol. The molecular formula is C62H79N22OS2-3. The van der Waals surface area contributed by atoms with Gasteiger partial charge in [0.1, 0.15) is 5.84 Å². The highest BCUT2D eigenvalue weighted by Crippen LogP contribution is 2.21. The molecule has 0 saturated heterocycles. The Bertz CT molecular complexity index is 3420. The SMILES string of the molecule is C/C(=N\N=C(N)N)c1cccc(NC(=O)Nc2cccc(C3=NCCC3)c2)c1.C/C(=N\N=C(N)N)c1cccc(NC(=S)Nc2cccc(C3=NCCC3)c2)c1.CN=C(NC)c1ccc(NC(=S)Nc2cccc(/C(C)=N/N=C(N)N)c2)cc1.[CH3-].[CH3-].[CH3-]. The first-order valence-corrected chi connectivity index (χ1v) is 27.2. The number of amidine groups is 1. The number of benzene rings is 6. The molecule has 458 valence electrons. The van der Waals surface area contributed by atoms with Crippen molar-refractivity contribution < 1.29 is 4.79 Å². The molecule has 0 saturated carbocycles. The number of hydrogen-bond donors (Lipinski definition) is 13. The van der Waals surface area contributed by atoms with E-state index in [2.05, 4.69) is 94.9 Å². The second-order valence-electron chi connectivity index (χ2n) is 18.5. The third-order valence-electron chi connectivity index (χ3n) is 12.1. The highest BCUT2D eigenvalue weighted by molar-refractivity contribution is 7.81. The van der Waals surface area contributed by atoms with Gasteiger partial charge in [-0.1, -0.05) is 60.7 Å². The molecule has 23 nitrogen and oxygen atoms in total. The number of guanidine groups is 3. The second kappa shape index (κ2) is 36.3. The maximum atomic E-state index is 12.4. The zero-order valence-electron chi connectivity index (χ0n) is 50.3. The van der Waals surface area contributed by atoms with Crippen molar-refractivity contribution in [3.63, 3.8) is 0 Å². The number of nitrogens with one attached hydrogen (secondary N) is 7. The van der Waals surface area contributed by atoms with Gasteiger partial charge in [0.05, 0.1) is 17.1 Å². The zero-order valence-corrected chi connectivity index (χ0v) is 51.9. The molecule has 0 aromatic heterocycles. The first-order valence-electron chi connectivity index (χ1n) is 26.4. The molecule has 87 heavy (non-hydrogen) atoms. The van der Waals surface area contributed by atoms with Crippen molar-refractivity contribution in [2.45, 2.75) is 46.5 Å². The van der Waals surface area contributed by atoms with Crippen LogP contribution in [0.25, 0.3) is 0 Å². The van der Waals surface area contributed by atoms with Crippen LogP contribution in [0, 0.1) is 22.3 Å². The average Bonchev–Trinajstić information content (AvgIpc) is 4.14. The summed E-state index contributed by atoms with van der Waals surface area (Å²) in [6.07, 6.45) is 4.20. The van der Waals surface area contributed by atoms with Gasteiger partial charge in [0.2, 0.25) is 17.9 Å². The number of carbonyl (C=O) groups excluding carboxylic acids is 1. The van der Waals surface area contributed by atoms with Gasteiger partial charge in [-0.2, -0.15) is 15.3 Å². The van der Waals surface area contributed by atoms with Crippen molar-refractivity contribution in [3.8, 4) is 0 Å². The Morgan fingerprint density at radius 1 is 0.437 bits per heavy atom. The van der Waals surface area contributed by atoms with Crippen molar-refractivity contribution in [2.24, 2.45) is 80.0 Å². The zero-order chi connectivity index (χ0) is 60.4. The van der Waals surface area contributed by atoms with Crippen LogP contribution in [0.4, 0.5) is 38.9 Å². The lowest BCUT2D eigenvalue weighted by atomic mass is 10.1. The van der Waals surface area contributed by atoms with Gasteiger partial charge < -0.3 is 93.9 Å². The van der Waals surface area contributed by atoms with Crippen molar-refractivity contribution >= 4 is 127 Å². The normalized spacial score (nSPS) is 12.5. The quantitative estimate of drug-likeness (QED) is 0.0150. The summed E-state index contributed by atoms with van der Waals surface area (Å²) in [7, 11) is 3.58. The lowest BCUT2D eigenvalue weighted by Crippen LogP contribution is -2.22. The van der Waals surface area contributed by atoms with Crippen LogP contribution in [-0.4, -0.2) is 95.7 Å². The lowest BCUT2D eigenvalue weighted by molar-refractivity contribution is 0.262. The predicted octanol–water partition coefficient (Wildman–Crippen LogP) is 9.43. The van der Waals surface area contributed by atoms with Gasteiger partial charge in [0.15, 0.2) is 10.2 Å². The Hall–Kier alpha value is -10.4. The van der Waals surface area contributed by atoms with E-state index >= 15 is 0 Å². The number of anilines is 6. The summed E-state index contributed by atoms with van der Waals surface area (Å²) in [6.45, 7) is 7.22. The van der Waals surface area contributed by atoms with Crippen LogP contribution in [0.1, 0.15) is 79.8 Å². The molecular weight excluding hydrogens is 1130 g/mol. The van der Waals surface area contributed by atoms with Gasteiger partial charge in [-0.3, -0.25) is 15.0 Å². The Morgan fingerprint density at radius 2 is 0.770 bits per heavy atom. The van der Waals surface area contributed by atoms with E-state index in [1.54, 1.807) is 26.1 Å². The molecule has 0 unspecified atom stereocenters. The van der Waals surface area contributed by atoms with Crippen LogP contribution < -0.4 is 71.6 Å². The number of thiocarbonyl (C=S) groups is 2. The Kier molecular flexibility index (Phi) is 29.6. The van der Waals surface area contributed by atoms with E-state index in [4.69, 9.17) is 58.8 Å². The number of urea groups is 1. The smallest absolute Gasteiger partial charge is 0.323 e. The van der Waals surface area contributed by atoms with Crippen LogP contribution in [0.2, 0.25) is 0 Å². The van der Waals surface area contributed by atoms with E-state index in [1.807, 2.05) is 142 Å². The van der Waals surface area contributed by atoms with Crippen molar-refractivity contribution in [1.82, 2.24) is 5.32 Å². The first kappa shape index (κ1) is 70.9. The van der Waals surface area contributed by atoms with Crippen LogP contribution in [0.5, 0.6) is 0 Å². The highest BCUT2D eigenvalue weighted by atomic mass is 32.1. The van der Waals surface area contributed by atoms with E-state index < -0.39 is 0 Å². The van der Waals surface area contributed by atoms with Gasteiger partial charge in [-0.25, -0.2) is 4.79 Å². The molecule has 0 aliphatic carbocycles. The largest absolute Gasteiger partial charge is 0.373 e. The molecule has 19 N–H and O–H groups in total. The summed E-state index contributed by atoms with van der Waals surface area (Å²) in [4.78, 5) is 25.6. The third-order valence-corrected chi connectivity index (χ3v) is 12.5. The topological polar surface area (TPSA) is 369 Å². The molecule has 0 bridgehead atoms. The predicted molar refractivity (Wildman–Crippen MR) is 377 cm³/mol. The molecule has 2 aliphatic heterocycles. The van der Waals surface area contributed by atoms with Crippen LogP contribution >= 0.6 is 24.4 Å². The Morgan fingerprint density at radius 3 is 1.10 bits per heavy atom. The van der Waals surface area contributed by atoms with Crippen LogP contribution in [0.3, 0.4) is 0 Å². The molecule has 2 heterocycles. The first-order chi connectivity index (χ1) is 40.4. The minimum Gasteiger partial charge on any atom is -0.373 e.